The van der Waals surface area contributed by atoms with E-state index in [9.17, 15) is 9.90 Å². The van der Waals surface area contributed by atoms with Crippen LogP contribution in [0.3, 0.4) is 0 Å². The van der Waals surface area contributed by atoms with Crippen molar-refractivity contribution in [3.63, 3.8) is 0 Å². The second-order valence-electron chi connectivity index (χ2n) is 6.77. The quantitative estimate of drug-likeness (QED) is 0.879. The predicted octanol–water partition coefficient (Wildman–Crippen LogP) is 2.76. The van der Waals surface area contributed by atoms with Gasteiger partial charge in [0.15, 0.2) is 0 Å². The average Bonchev–Trinajstić information content (AvgIpc) is 2.46. The van der Waals surface area contributed by atoms with Gasteiger partial charge in [-0.3, -0.25) is 4.79 Å². The molecule has 0 atom stereocenters. The maximum Gasteiger partial charge on any atom is 0.223 e. The molecule has 2 rings (SSSR count). The molecule has 0 saturated heterocycles. The topological polar surface area (TPSA) is 52.6 Å². The van der Waals surface area contributed by atoms with Crippen LogP contribution in [-0.4, -0.2) is 30.7 Å². The molecule has 1 aliphatic carbocycles. The number of rotatable bonds is 5. The Morgan fingerprint density at radius 2 is 1.95 bits per heavy atom. The lowest BCUT2D eigenvalue weighted by Crippen LogP contribution is -2.38. The van der Waals surface area contributed by atoms with Gasteiger partial charge >= 0.3 is 0 Å². The Kier molecular flexibility index (Phi) is 5.46. The normalized spacial score (nSPS) is 17.1. The maximum absolute atomic E-state index is 12.2. The lowest BCUT2D eigenvalue weighted by molar-refractivity contribution is -0.127. The molecule has 0 unspecified atom stereocenters. The summed E-state index contributed by atoms with van der Waals surface area (Å²) in [5.74, 6) is -0.0605. The number of nitrogens with one attached hydrogen (secondary N) is 1. The number of aryl methyl sites for hydroxylation is 1. The summed E-state index contributed by atoms with van der Waals surface area (Å²) in [7, 11) is 4.01. The number of carbonyl (C=O) groups is 1. The second kappa shape index (κ2) is 7.14. The van der Waals surface area contributed by atoms with E-state index < -0.39 is 5.60 Å². The van der Waals surface area contributed by atoms with Crippen molar-refractivity contribution in [3.05, 3.63) is 29.3 Å². The van der Waals surface area contributed by atoms with Crippen LogP contribution in [0.25, 0.3) is 0 Å². The van der Waals surface area contributed by atoms with Gasteiger partial charge in [-0.25, -0.2) is 0 Å². The Labute approximate surface area is 133 Å². The van der Waals surface area contributed by atoms with Crippen molar-refractivity contribution < 1.29 is 9.90 Å². The Morgan fingerprint density at radius 1 is 1.27 bits per heavy atom. The van der Waals surface area contributed by atoms with Gasteiger partial charge in [-0.1, -0.05) is 31.4 Å². The van der Waals surface area contributed by atoms with Crippen LogP contribution in [0, 0.1) is 6.92 Å². The van der Waals surface area contributed by atoms with E-state index in [4.69, 9.17) is 0 Å². The van der Waals surface area contributed by atoms with Crippen molar-refractivity contribution >= 4 is 11.6 Å². The summed E-state index contributed by atoms with van der Waals surface area (Å²) in [5.41, 5.74) is 2.63. The van der Waals surface area contributed by atoms with Crippen LogP contribution >= 0.6 is 0 Å². The minimum atomic E-state index is -0.792. The van der Waals surface area contributed by atoms with E-state index in [1.807, 2.05) is 14.1 Å². The van der Waals surface area contributed by atoms with Crippen molar-refractivity contribution in [1.82, 2.24) is 5.32 Å². The molecule has 122 valence electrons. The summed E-state index contributed by atoms with van der Waals surface area (Å²) in [6.07, 6.45) is 4.91. The van der Waals surface area contributed by atoms with Gasteiger partial charge in [0.25, 0.3) is 0 Å². The zero-order valence-electron chi connectivity index (χ0n) is 14.0. The number of benzene rings is 1. The predicted molar refractivity (Wildman–Crippen MR) is 90.0 cm³/mol. The van der Waals surface area contributed by atoms with E-state index in [0.717, 1.165) is 36.9 Å². The van der Waals surface area contributed by atoms with E-state index in [1.54, 1.807) is 0 Å². The minimum absolute atomic E-state index is 0.0605. The van der Waals surface area contributed by atoms with Crippen molar-refractivity contribution in [2.24, 2.45) is 0 Å². The average molecular weight is 304 g/mol. The van der Waals surface area contributed by atoms with E-state index >= 15 is 0 Å². The summed E-state index contributed by atoms with van der Waals surface area (Å²) < 4.78 is 0. The molecular weight excluding hydrogens is 276 g/mol. The molecule has 1 aromatic rings. The molecule has 4 heteroatoms. The maximum atomic E-state index is 12.2. The number of anilines is 1. The van der Waals surface area contributed by atoms with E-state index in [0.29, 0.717) is 6.54 Å². The first-order chi connectivity index (χ1) is 10.4. The first kappa shape index (κ1) is 16.8. The molecule has 0 radical (unpaired) electrons. The molecule has 1 amide bonds. The van der Waals surface area contributed by atoms with Crippen LogP contribution in [0.5, 0.6) is 0 Å². The van der Waals surface area contributed by atoms with Gasteiger partial charge in [-0.15, -0.1) is 0 Å². The van der Waals surface area contributed by atoms with Crippen molar-refractivity contribution in [1.29, 1.82) is 0 Å². The highest BCUT2D eigenvalue weighted by Crippen LogP contribution is 2.30. The van der Waals surface area contributed by atoms with Crippen molar-refractivity contribution in [2.75, 3.05) is 19.0 Å². The van der Waals surface area contributed by atoms with Gasteiger partial charge in [0.05, 0.1) is 12.0 Å². The van der Waals surface area contributed by atoms with Gasteiger partial charge in [0.2, 0.25) is 5.91 Å². The second-order valence-corrected chi connectivity index (χ2v) is 6.77. The molecule has 0 spiro atoms. The summed E-state index contributed by atoms with van der Waals surface area (Å²) >= 11 is 0. The number of aliphatic hydroxyl groups is 1. The zero-order chi connectivity index (χ0) is 16.2. The molecule has 0 heterocycles. The largest absolute Gasteiger partial charge is 0.389 e. The third kappa shape index (κ3) is 4.47. The summed E-state index contributed by atoms with van der Waals surface area (Å²) in [6, 6.07) is 6.24. The highest BCUT2D eigenvalue weighted by atomic mass is 16.3. The Hall–Kier alpha value is -1.55. The summed E-state index contributed by atoms with van der Waals surface area (Å²) in [6.45, 7) is 2.57. The Bertz CT molecular complexity index is 520. The fourth-order valence-electron chi connectivity index (χ4n) is 3.18. The standard InChI is InChI=1S/C18H28N2O2/c1-14-7-8-15(16(11-14)20(2)3)13-19-17(21)12-18(22)9-5-4-6-10-18/h7-8,11,22H,4-6,9-10,12-13H2,1-3H3,(H,19,21). The van der Waals surface area contributed by atoms with Gasteiger partial charge < -0.3 is 15.3 Å². The van der Waals surface area contributed by atoms with Gasteiger partial charge in [-0.2, -0.15) is 0 Å². The number of amides is 1. The number of carbonyl (C=O) groups excluding carboxylic acids is 1. The lowest BCUT2D eigenvalue weighted by Gasteiger charge is -2.31. The monoisotopic (exact) mass is 304 g/mol. The van der Waals surface area contributed by atoms with E-state index in [1.165, 1.54) is 12.0 Å². The van der Waals surface area contributed by atoms with Crippen LogP contribution in [-0.2, 0) is 11.3 Å². The van der Waals surface area contributed by atoms with Crippen LogP contribution in [0.4, 0.5) is 5.69 Å². The Balaban J connectivity index is 1.93. The zero-order valence-corrected chi connectivity index (χ0v) is 14.0. The molecule has 0 aromatic heterocycles. The van der Waals surface area contributed by atoms with E-state index in [2.05, 4.69) is 35.3 Å². The first-order valence-electron chi connectivity index (χ1n) is 8.16. The molecule has 1 aromatic carbocycles. The fraction of sp³-hybridized carbons (Fsp3) is 0.611. The van der Waals surface area contributed by atoms with E-state index in [-0.39, 0.29) is 12.3 Å². The molecule has 0 aliphatic heterocycles. The minimum Gasteiger partial charge on any atom is -0.389 e. The molecule has 4 nitrogen and oxygen atoms in total. The smallest absolute Gasteiger partial charge is 0.223 e. The number of hydrogen-bond donors (Lipinski definition) is 2. The number of nitrogens with zero attached hydrogens (tertiary/aromatic N) is 1. The first-order valence-corrected chi connectivity index (χ1v) is 8.16. The molecule has 2 N–H and O–H groups in total. The van der Waals surface area contributed by atoms with Crippen LogP contribution in [0.15, 0.2) is 18.2 Å². The SMILES string of the molecule is Cc1ccc(CNC(=O)CC2(O)CCCCC2)c(N(C)C)c1. The van der Waals surface area contributed by atoms with Crippen LogP contribution in [0.2, 0.25) is 0 Å². The summed E-state index contributed by atoms with van der Waals surface area (Å²) in [4.78, 5) is 14.2. The van der Waals surface area contributed by atoms with Crippen LogP contribution in [0.1, 0.15) is 49.7 Å². The molecular formula is C18H28N2O2. The molecule has 22 heavy (non-hydrogen) atoms. The fourth-order valence-corrected chi connectivity index (χ4v) is 3.18. The summed E-state index contributed by atoms with van der Waals surface area (Å²) in [5, 5.41) is 13.4. The lowest BCUT2D eigenvalue weighted by atomic mass is 9.82. The number of hydrogen-bond acceptors (Lipinski definition) is 3. The third-order valence-corrected chi connectivity index (χ3v) is 4.47. The molecule has 0 bridgehead atoms. The Morgan fingerprint density at radius 3 is 2.59 bits per heavy atom. The van der Waals surface area contributed by atoms with Crippen LogP contribution < -0.4 is 10.2 Å². The molecule has 1 saturated carbocycles. The van der Waals surface area contributed by atoms with Crippen molar-refractivity contribution in [3.8, 4) is 0 Å². The highest BCUT2D eigenvalue weighted by Gasteiger charge is 2.31. The molecule has 1 fully saturated rings. The van der Waals surface area contributed by atoms with Gasteiger partial charge in [-0.05, 0) is 37.0 Å². The molecule has 1 aliphatic rings. The van der Waals surface area contributed by atoms with Gasteiger partial charge in [0.1, 0.15) is 0 Å². The highest BCUT2D eigenvalue weighted by molar-refractivity contribution is 5.77. The van der Waals surface area contributed by atoms with Gasteiger partial charge in [0, 0.05) is 26.3 Å². The van der Waals surface area contributed by atoms with Crippen molar-refractivity contribution in [2.45, 2.75) is 57.6 Å². The third-order valence-electron chi connectivity index (χ3n) is 4.47.